The van der Waals surface area contributed by atoms with Crippen molar-refractivity contribution in [3.05, 3.63) is 17.0 Å². The first-order valence-electron chi connectivity index (χ1n) is 8.98. The van der Waals surface area contributed by atoms with Crippen molar-refractivity contribution in [1.29, 1.82) is 0 Å². The van der Waals surface area contributed by atoms with Gasteiger partial charge < -0.3 is 15.3 Å². The topological polar surface area (TPSA) is 70.4 Å². The number of hydrogen-bond donors (Lipinski definition) is 2. The molecule has 2 rings (SSSR count). The lowest BCUT2D eigenvalue weighted by atomic mass is 9.86. The monoisotopic (exact) mass is 336 g/mol. The van der Waals surface area contributed by atoms with Gasteiger partial charge in [0.25, 0.3) is 0 Å². The number of aliphatic hydroxyl groups excluding tert-OH is 1. The first-order valence-corrected chi connectivity index (χ1v) is 8.98. The van der Waals surface area contributed by atoms with E-state index in [0.717, 1.165) is 43.5 Å². The van der Waals surface area contributed by atoms with Crippen LogP contribution in [0.3, 0.4) is 0 Å². The first kappa shape index (κ1) is 18.8. The molecule has 24 heavy (non-hydrogen) atoms. The molecule has 1 aromatic heterocycles. The second-order valence-electron chi connectivity index (χ2n) is 7.32. The second-order valence-corrected chi connectivity index (χ2v) is 7.32. The molecule has 2 N–H and O–H groups in total. The Morgan fingerprint density at radius 2 is 2.08 bits per heavy atom. The number of urea groups is 1. The summed E-state index contributed by atoms with van der Waals surface area (Å²) in [7, 11) is 3.75. The van der Waals surface area contributed by atoms with E-state index in [1.807, 2.05) is 32.6 Å². The minimum Gasteiger partial charge on any atom is -0.393 e. The van der Waals surface area contributed by atoms with Crippen LogP contribution in [0.15, 0.2) is 0 Å². The normalized spacial score (nSPS) is 22.2. The van der Waals surface area contributed by atoms with E-state index in [4.69, 9.17) is 0 Å². The van der Waals surface area contributed by atoms with E-state index in [-0.39, 0.29) is 24.1 Å². The van der Waals surface area contributed by atoms with Gasteiger partial charge in [-0.15, -0.1) is 0 Å². The van der Waals surface area contributed by atoms with Crippen molar-refractivity contribution >= 4 is 6.03 Å². The van der Waals surface area contributed by atoms with Gasteiger partial charge in [0.15, 0.2) is 0 Å². The van der Waals surface area contributed by atoms with Gasteiger partial charge in [0, 0.05) is 38.3 Å². The summed E-state index contributed by atoms with van der Waals surface area (Å²) in [5, 5.41) is 17.6. The van der Waals surface area contributed by atoms with E-state index in [0.29, 0.717) is 6.54 Å². The van der Waals surface area contributed by atoms with Gasteiger partial charge in [-0.1, -0.05) is 12.8 Å². The van der Waals surface area contributed by atoms with Crippen LogP contribution in [0, 0.1) is 19.8 Å². The Morgan fingerprint density at radius 1 is 1.42 bits per heavy atom. The average Bonchev–Trinajstić information content (AvgIpc) is 2.75. The van der Waals surface area contributed by atoms with Gasteiger partial charge in [-0.05, 0) is 45.6 Å². The Balaban J connectivity index is 1.86. The highest BCUT2D eigenvalue weighted by atomic mass is 16.3. The lowest BCUT2D eigenvalue weighted by Gasteiger charge is -2.31. The van der Waals surface area contributed by atoms with Crippen LogP contribution < -0.4 is 5.32 Å². The van der Waals surface area contributed by atoms with Crippen LogP contribution in [0.25, 0.3) is 0 Å². The Bertz CT molecular complexity index is 570. The Hall–Kier alpha value is -1.56. The molecule has 1 aliphatic rings. The van der Waals surface area contributed by atoms with Gasteiger partial charge in [-0.25, -0.2) is 4.79 Å². The molecule has 1 fully saturated rings. The molecule has 2 amide bonds. The van der Waals surface area contributed by atoms with E-state index in [9.17, 15) is 9.90 Å². The molecule has 0 radical (unpaired) electrons. The maximum absolute atomic E-state index is 12.4. The molecule has 6 heteroatoms. The number of aliphatic hydroxyl groups is 1. The number of carbonyl (C=O) groups is 1. The van der Waals surface area contributed by atoms with Crippen molar-refractivity contribution in [3.63, 3.8) is 0 Å². The highest BCUT2D eigenvalue weighted by molar-refractivity contribution is 5.74. The third-order valence-corrected chi connectivity index (χ3v) is 5.26. The first-order chi connectivity index (χ1) is 11.3. The Kier molecular flexibility index (Phi) is 6.27. The third-order valence-electron chi connectivity index (χ3n) is 5.26. The summed E-state index contributed by atoms with van der Waals surface area (Å²) >= 11 is 0. The van der Waals surface area contributed by atoms with Gasteiger partial charge in [0.05, 0.1) is 11.8 Å². The van der Waals surface area contributed by atoms with E-state index in [1.54, 1.807) is 4.90 Å². The molecule has 1 heterocycles. The fraction of sp³-hybridized carbons (Fsp3) is 0.778. The highest BCUT2D eigenvalue weighted by Gasteiger charge is 2.26. The standard InChI is InChI=1S/C18H32N4O2/c1-12(10-16-13(2)20-22(5)14(16)3)19-18(24)21(4)11-15-8-6-7-9-17(15)23/h12,15,17,23H,6-11H2,1-5H3,(H,19,24)/t12-,15+,17-/m0/s1. The smallest absolute Gasteiger partial charge is 0.317 e. The predicted molar refractivity (Wildman–Crippen MR) is 95.0 cm³/mol. The fourth-order valence-electron chi connectivity index (χ4n) is 3.63. The van der Waals surface area contributed by atoms with E-state index in [1.165, 1.54) is 5.56 Å². The number of carbonyl (C=O) groups excluding carboxylic acids is 1. The van der Waals surface area contributed by atoms with Crippen molar-refractivity contribution < 1.29 is 9.90 Å². The molecule has 1 aliphatic carbocycles. The number of aryl methyl sites for hydroxylation is 2. The molecule has 0 aliphatic heterocycles. The molecule has 1 aromatic rings. The molecule has 0 unspecified atom stereocenters. The minimum absolute atomic E-state index is 0.0397. The lowest BCUT2D eigenvalue weighted by Crippen LogP contribution is -2.46. The van der Waals surface area contributed by atoms with E-state index >= 15 is 0 Å². The van der Waals surface area contributed by atoms with Gasteiger partial charge in [-0.2, -0.15) is 5.10 Å². The molecular formula is C18H32N4O2. The summed E-state index contributed by atoms with van der Waals surface area (Å²) in [4.78, 5) is 14.1. The van der Waals surface area contributed by atoms with Crippen LogP contribution in [0.1, 0.15) is 49.6 Å². The quantitative estimate of drug-likeness (QED) is 0.866. The molecular weight excluding hydrogens is 304 g/mol. The molecule has 0 aromatic carbocycles. The van der Waals surface area contributed by atoms with Crippen molar-refractivity contribution in [2.75, 3.05) is 13.6 Å². The number of amides is 2. The summed E-state index contributed by atoms with van der Waals surface area (Å²) in [5.41, 5.74) is 3.37. The second kappa shape index (κ2) is 8.01. The number of rotatable bonds is 5. The Labute approximate surface area is 145 Å². The number of hydrogen-bond acceptors (Lipinski definition) is 3. The lowest BCUT2D eigenvalue weighted by molar-refractivity contribution is 0.0563. The Morgan fingerprint density at radius 3 is 2.67 bits per heavy atom. The minimum atomic E-state index is -0.271. The number of nitrogens with one attached hydrogen (secondary N) is 1. The molecule has 6 nitrogen and oxygen atoms in total. The maximum Gasteiger partial charge on any atom is 0.317 e. The van der Waals surface area contributed by atoms with Crippen LogP contribution in [-0.4, -0.2) is 51.6 Å². The summed E-state index contributed by atoms with van der Waals surface area (Å²) in [6.45, 7) is 6.70. The van der Waals surface area contributed by atoms with E-state index in [2.05, 4.69) is 17.3 Å². The molecule has 0 spiro atoms. The fourth-order valence-corrected chi connectivity index (χ4v) is 3.63. The van der Waals surface area contributed by atoms with Crippen LogP contribution in [0.4, 0.5) is 4.79 Å². The maximum atomic E-state index is 12.4. The van der Waals surface area contributed by atoms with E-state index < -0.39 is 0 Å². The van der Waals surface area contributed by atoms with Gasteiger partial charge >= 0.3 is 6.03 Å². The molecule has 136 valence electrons. The van der Waals surface area contributed by atoms with Crippen molar-refractivity contribution in [1.82, 2.24) is 20.0 Å². The SMILES string of the molecule is Cc1nn(C)c(C)c1C[C@H](C)NC(=O)N(C)C[C@H]1CCCC[C@@H]1O. The highest BCUT2D eigenvalue weighted by Crippen LogP contribution is 2.24. The van der Waals surface area contributed by atoms with Gasteiger partial charge in [0.1, 0.15) is 0 Å². The summed E-state index contributed by atoms with van der Waals surface area (Å²) in [6, 6.07) is -0.0303. The van der Waals surface area contributed by atoms with Crippen molar-refractivity contribution in [2.45, 2.75) is 65.0 Å². The summed E-state index contributed by atoms with van der Waals surface area (Å²) in [6.07, 6.45) is 4.60. The number of nitrogens with zero attached hydrogens (tertiary/aromatic N) is 3. The zero-order valence-corrected chi connectivity index (χ0v) is 15.7. The average molecular weight is 336 g/mol. The predicted octanol–water partition coefficient (Wildman–Crippen LogP) is 2.16. The molecule has 0 saturated heterocycles. The molecule has 1 saturated carbocycles. The van der Waals surface area contributed by atoms with Crippen LogP contribution in [0.2, 0.25) is 0 Å². The van der Waals surface area contributed by atoms with Gasteiger partial charge in [0.2, 0.25) is 0 Å². The largest absolute Gasteiger partial charge is 0.393 e. The zero-order chi connectivity index (χ0) is 17.9. The summed E-state index contributed by atoms with van der Waals surface area (Å²) in [5.74, 6) is 0.201. The van der Waals surface area contributed by atoms with Crippen molar-refractivity contribution in [2.24, 2.45) is 13.0 Å². The van der Waals surface area contributed by atoms with Crippen LogP contribution >= 0.6 is 0 Å². The third kappa shape index (κ3) is 4.50. The molecule has 0 bridgehead atoms. The van der Waals surface area contributed by atoms with Crippen molar-refractivity contribution in [3.8, 4) is 0 Å². The zero-order valence-electron chi connectivity index (χ0n) is 15.7. The molecule has 3 atom stereocenters. The van der Waals surface area contributed by atoms with Gasteiger partial charge in [-0.3, -0.25) is 4.68 Å². The van der Waals surface area contributed by atoms with Crippen LogP contribution in [-0.2, 0) is 13.5 Å². The van der Waals surface area contributed by atoms with Crippen LogP contribution in [0.5, 0.6) is 0 Å². The number of aromatic nitrogens is 2. The summed E-state index contributed by atoms with van der Waals surface area (Å²) < 4.78 is 1.88.